The topological polar surface area (TPSA) is 54.8 Å². The maximum Gasteiger partial charge on any atom is 0.254 e. The van der Waals surface area contributed by atoms with Gasteiger partial charge >= 0.3 is 0 Å². The molecular weight excluding hydrogens is 354 g/mol. The molecule has 5 rings (SSSR count). The Morgan fingerprint density at radius 1 is 1.29 bits per heavy atom. The third-order valence-electron chi connectivity index (χ3n) is 6.66. The fraction of sp³-hybridized carbons (Fsp3) is 0.545. The van der Waals surface area contributed by atoms with Crippen LogP contribution in [0.5, 0.6) is 0 Å². The lowest BCUT2D eigenvalue weighted by atomic mass is 9.82. The highest BCUT2D eigenvalue weighted by Gasteiger charge is 2.48. The second-order valence-corrected chi connectivity index (χ2v) is 8.70. The highest BCUT2D eigenvalue weighted by atomic mass is 16.5. The van der Waals surface area contributed by atoms with E-state index < -0.39 is 0 Å². The molecule has 1 unspecified atom stereocenters. The molecule has 148 valence electrons. The van der Waals surface area contributed by atoms with Crippen LogP contribution in [0.4, 0.5) is 0 Å². The van der Waals surface area contributed by atoms with Crippen LogP contribution in [0.15, 0.2) is 30.5 Å². The van der Waals surface area contributed by atoms with Crippen molar-refractivity contribution in [1.29, 1.82) is 0 Å². The van der Waals surface area contributed by atoms with E-state index in [1.807, 2.05) is 47.3 Å². The third kappa shape index (κ3) is 3.00. The molecule has 0 aliphatic carbocycles. The summed E-state index contributed by atoms with van der Waals surface area (Å²) in [5, 5.41) is 1.09. The zero-order valence-electron chi connectivity index (χ0n) is 16.4. The zero-order valence-corrected chi connectivity index (χ0v) is 16.4. The predicted octanol–water partition coefficient (Wildman–Crippen LogP) is 2.42. The number of aromatic nitrogens is 1. The van der Waals surface area contributed by atoms with E-state index in [9.17, 15) is 9.59 Å². The van der Waals surface area contributed by atoms with Crippen molar-refractivity contribution in [1.82, 2.24) is 14.4 Å². The number of likely N-dealkylation sites (tertiary alicyclic amines) is 2. The number of rotatable bonds is 3. The number of nitrogens with zero attached hydrogens (tertiary/aromatic N) is 3. The number of benzene rings is 1. The number of fused-ring (bicyclic) bond motifs is 1. The van der Waals surface area contributed by atoms with E-state index in [2.05, 4.69) is 4.57 Å². The monoisotopic (exact) mass is 381 g/mol. The van der Waals surface area contributed by atoms with E-state index in [0.717, 1.165) is 48.8 Å². The minimum absolute atomic E-state index is 0.0877. The van der Waals surface area contributed by atoms with E-state index in [1.54, 1.807) is 0 Å². The first kappa shape index (κ1) is 17.7. The fourth-order valence-electron chi connectivity index (χ4n) is 4.91. The number of carbonyl (C=O) groups excluding carboxylic acids is 2. The maximum atomic E-state index is 12.9. The Balaban J connectivity index is 1.16. The van der Waals surface area contributed by atoms with Crippen LogP contribution >= 0.6 is 0 Å². The van der Waals surface area contributed by atoms with Gasteiger partial charge in [0, 0.05) is 55.1 Å². The Morgan fingerprint density at radius 3 is 2.86 bits per heavy atom. The molecule has 3 aliphatic heterocycles. The number of amides is 2. The van der Waals surface area contributed by atoms with Gasteiger partial charge in [-0.2, -0.15) is 0 Å². The summed E-state index contributed by atoms with van der Waals surface area (Å²) in [5.74, 6) is 0.804. The second kappa shape index (κ2) is 6.62. The quantitative estimate of drug-likeness (QED) is 0.821. The van der Waals surface area contributed by atoms with Gasteiger partial charge in [-0.25, -0.2) is 0 Å². The summed E-state index contributed by atoms with van der Waals surface area (Å²) in [7, 11) is 2.01. The number of hydrogen-bond donors (Lipinski definition) is 0. The number of aryl methyl sites for hydroxylation is 1. The lowest BCUT2D eigenvalue weighted by molar-refractivity contribution is -0.169. The van der Waals surface area contributed by atoms with E-state index in [-0.39, 0.29) is 17.4 Å². The molecule has 3 saturated heterocycles. The van der Waals surface area contributed by atoms with Gasteiger partial charge in [-0.15, -0.1) is 0 Å². The second-order valence-electron chi connectivity index (χ2n) is 8.70. The Kier molecular flexibility index (Phi) is 4.19. The van der Waals surface area contributed by atoms with Crippen molar-refractivity contribution >= 4 is 22.7 Å². The molecule has 6 nitrogen and oxygen atoms in total. The van der Waals surface area contributed by atoms with Crippen molar-refractivity contribution in [2.75, 3.05) is 32.8 Å². The van der Waals surface area contributed by atoms with Gasteiger partial charge in [0.15, 0.2) is 0 Å². The van der Waals surface area contributed by atoms with Crippen molar-refractivity contribution in [2.24, 2.45) is 13.0 Å². The molecule has 28 heavy (non-hydrogen) atoms. The lowest BCUT2D eigenvalue weighted by Crippen LogP contribution is -2.66. The first-order valence-corrected chi connectivity index (χ1v) is 10.3. The van der Waals surface area contributed by atoms with Crippen LogP contribution in [0.1, 0.15) is 36.0 Å². The minimum Gasteiger partial charge on any atom is -0.371 e. The summed E-state index contributed by atoms with van der Waals surface area (Å²) in [6.07, 6.45) is 5.74. The minimum atomic E-state index is -0.169. The highest BCUT2D eigenvalue weighted by Crippen LogP contribution is 2.37. The standard InChI is InChI=1S/C22H27N3O3/c1-23-10-7-17-11-18(4-5-19(17)23)21(27)25-14-22(15-25)8-6-16(13-28-22)12-24-9-2-3-20(24)26/h4-5,7,10-11,16H,2-3,6,8-9,12-15H2,1H3. The molecule has 1 atom stereocenters. The first-order valence-electron chi connectivity index (χ1n) is 10.3. The molecule has 6 heteroatoms. The van der Waals surface area contributed by atoms with Crippen LogP contribution in [0.25, 0.3) is 10.9 Å². The molecule has 2 amide bonds. The van der Waals surface area contributed by atoms with Gasteiger partial charge < -0.3 is 19.1 Å². The fourth-order valence-corrected chi connectivity index (χ4v) is 4.91. The molecule has 1 aromatic heterocycles. The maximum absolute atomic E-state index is 12.9. The van der Waals surface area contributed by atoms with Crippen molar-refractivity contribution in [2.45, 2.75) is 31.3 Å². The SMILES string of the molecule is Cn1ccc2cc(C(=O)N3CC4(CCC(CN5CCCC5=O)CO4)C3)ccc21. The molecule has 0 N–H and O–H groups in total. The van der Waals surface area contributed by atoms with Crippen LogP contribution in [-0.4, -0.2) is 64.6 Å². The van der Waals surface area contributed by atoms with Gasteiger partial charge in [0.1, 0.15) is 5.60 Å². The van der Waals surface area contributed by atoms with Crippen LogP contribution in [0.2, 0.25) is 0 Å². The van der Waals surface area contributed by atoms with Gasteiger partial charge in [0.05, 0.1) is 19.7 Å². The van der Waals surface area contributed by atoms with Crippen LogP contribution in [0, 0.1) is 5.92 Å². The highest BCUT2D eigenvalue weighted by molar-refractivity contribution is 5.98. The summed E-state index contributed by atoms with van der Waals surface area (Å²) in [5.41, 5.74) is 1.71. The number of carbonyl (C=O) groups is 2. The van der Waals surface area contributed by atoms with Crippen molar-refractivity contribution in [3.05, 3.63) is 36.0 Å². The van der Waals surface area contributed by atoms with E-state index >= 15 is 0 Å². The number of hydrogen-bond acceptors (Lipinski definition) is 3. The summed E-state index contributed by atoms with van der Waals surface area (Å²) < 4.78 is 8.27. The Hall–Kier alpha value is -2.34. The third-order valence-corrected chi connectivity index (χ3v) is 6.66. The summed E-state index contributed by atoms with van der Waals surface area (Å²) in [6.45, 7) is 3.77. The smallest absolute Gasteiger partial charge is 0.254 e. The van der Waals surface area contributed by atoms with Crippen molar-refractivity contribution < 1.29 is 14.3 Å². The molecule has 3 aliphatic rings. The molecule has 1 aromatic carbocycles. The Bertz CT molecular complexity index is 918. The average Bonchev–Trinajstić information content (AvgIpc) is 3.25. The Labute approximate surface area is 165 Å². The predicted molar refractivity (Wildman–Crippen MR) is 106 cm³/mol. The van der Waals surface area contributed by atoms with Gasteiger partial charge in [0.25, 0.3) is 5.91 Å². The summed E-state index contributed by atoms with van der Waals surface area (Å²) in [6, 6.07) is 7.95. The average molecular weight is 381 g/mol. The Morgan fingerprint density at radius 2 is 2.14 bits per heavy atom. The summed E-state index contributed by atoms with van der Waals surface area (Å²) in [4.78, 5) is 28.6. The molecule has 0 bridgehead atoms. The molecule has 0 saturated carbocycles. The van der Waals surface area contributed by atoms with Crippen LogP contribution in [0.3, 0.4) is 0 Å². The molecule has 3 fully saturated rings. The number of ether oxygens (including phenoxy) is 1. The van der Waals surface area contributed by atoms with E-state index in [4.69, 9.17) is 4.74 Å². The molecule has 2 aromatic rings. The molecule has 0 radical (unpaired) electrons. The molecular formula is C22H27N3O3. The van der Waals surface area contributed by atoms with Crippen molar-refractivity contribution in [3.8, 4) is 0 Å². The van der Waals surface area contributed by atoms with Gasteiger partial charge in [-0.1, -0.05) is 0 Å². The molecule has 1 spiro atoms. The van der Waals surface area contributed by atoms with E-state index in [0.29, 0.717) is 32.0 Å². The normalized spacial score (nSPS) is 24.2. The van der Waals surface area contributed by atoms with Gasteiger partial charge in [-0.3, -0.25) is 9.59 Å². The van der Waals surface area contributed by atoms with Gasteiger partial charge in [-0.05, 0) is 43.5 Å². The van der Waals surface area contributed by atoms with E-state index in [1.165, 1.54) is 0 Å². The van der Waals surface area contributed by atoms with Crippen LogP contribution < -0.4 is 0 Å². The zero-order chi connectivity index (χ0) is 19.3. The first-order chi connectivity index (χ1) is 13.5. The van der Waals surface area contributed by atoms with Crippen molar-refractivity contribution in [3.63, 3.8) is 0 Å². The van der Waals surface area contributed by atoms with Gasteiger partial charge in [0.2, 0.25) is 5.91 Å². The largest absolute Gasteiger partial charge is 0.371 e. The summed E-state index contributed by atoms with van der Waals surface area (Å²) >= 11 is 0. The molecule has 4 heterocycles. The van der Waals surface area contributed by atoms with Crippen LogP contribution in [-0.2, 0) is 16.6 Å². The lowest BCUT2D eigenvalue weighted by Gasteiger charge is -2.53.